The van der Waals surface area contributed by atoms with Crippen LogP contribution in [-0.4, -0.2) is 31.4 Å². The van der Waals surface area contributed by atoms with Crippen molar-refractivity contribution in [2.75, 3.05) is 13.7 Å². The Hall–Kier alpha value is -1.82. The first-order valence-corrected chi connectivity index (χ1v) is 8.76. The summed E-state index contributed by atoms with van der Waals surface area (Å²) in [6.45, 7) is 8.11. The van der Waals surface area contributed by atoms with Gasteiger partial charge in [0, 0.05) is 18.6 Å². The number of methoxy groups -OCH3 is 1. The van der Waals surface area contributed by atoms with Crippen molar-refractivity contribution >= 4 is 6.09 Å². The maximum atomic E-state index is 13.9. The number of carbonyl (C=O) groups is 1. The minimum absolute atomic E-state index is 0.0143. The van der Waals surface area contributed by atoms with Gasteiger partial charge >= 0.3 is 6.09 Å². The minimum Gasteiger partial charge on any atom is -0.494 e. The van der Waals surface area contributed by atoms with Crippen LogP contribution in [0.1, 0.15) is 52.1 Å². The molecule has 0 radical (unpaired) electrons. The van der Waals surface area contributed by atoms with Crippen molar-refractivity contribution in [3.05, 3.63) is 29.6 Å². The van der Waals surface area contributed by atoms with Gasteiger partial charge in [-0.3, -0.25) is 0 Å². The van der Waals surface area contributed by atoms with Crippen LogP contribution in [0.15, 0.2) is 18.2 Å². The molecule has 0 aliphatic heterocycles. The standard InChI is InChI=1S/C19H29FN2O3/c1-12(14-8-9-17(24-5)15(20)10-14)21-11-16(13-6-7-13)22-18(23)25-19(2,3)4/h8-10,12-13,16,21H,6-7,11H2,1-5H3,(H,22,23). The Bertz CT molecular complexity index is 597. The number of benzene rings is 1. The molecule has 6 heteroatoms. The highest BCUT2D eigenvalue weighted by Gasteiger charge is 2.33. The molecule has 0 heterocycles. The zero-order valence-corrected chi connectivity index (χ0v) is 15.7. The van der Waals surface area contributed by atoms with Crippen LogP contribution in [0, 0.1) is 11.7 Å². The molecule has 1 fully saturated rings. The van der Waals surface area contributed by atoms with E-state index < -0.39 is 11.7 Å². The van der Waals surface area contributed by atoms with Gasteiger partial charge in [-0.25, -0.2) is 9.18 Å². The van der Waals surface area contributed by atoms with Crippen LogP contribution in [0.2, 0.25) is 0 Å². The second kappa shape index (κ2) is 8.04. The fourth-order valence-electron chi connectivity index (χ4n) is 2.67. The van der Waals surface area contributed by atoms with E-state index in [1.54, 1.807) is 6.07 Å². The van der Waals surface area contributed by atoms with Gasteiger partial charge < -0.3 is 20.1 Å². The van der Waals surface area contributed by atoms with E-state index in [1.165, 1.54) is 13.2 Å². The summed E-state index contributed by atoms with van der Waals surface area (Å²) in [7, 11) is 1.45. The molecule has 0 spiro atoms. The molecule has 0 saturated heterocycles. The number of nitrogens with one attached hydrogen (secondary N) is 2. The van der Waals surface area contributed by atoms with Crippen molar-refractivity contribution in [2.45, 2.75) is 58.2 Å². The third-order valence-corrected chi connectivity index (χ3v) is 4.21. The molecule has 5 nitrogen and oxygen atoms in total. The zero-order valence-electron chi connectivity index (χ0n) is 15.7. The maximum Gasteiger partial charge on any atom is 0.407 e. The van der Waals surface area contributed by atoms with Gasteiger partial charge in [0.15, 0.2) is 11.6 Å². The summed E-state index contributed by atoms with van der Waals surface area (Å²) in [6, 6.07) is 4.92. The number of alkyl carbamates (subject to hydrolysis) is 1. The monoisotopic (exact) mass is 352 g/mol. The summed E-state index contributed by atoms with van der Waals surface area (Å²) in [5.41, 5.74) is 0.324. The molecule has 1 aliphatic carbocycles. The topological polar surface area (TPSA) is 59.6 Å². The quantitative estimate of drug-likeness (QED) is 0.784. The molecule has 0 aromatic heterocycles. The van der Waals surface area contributed by atoms with Gasteiger partial charge in [-0.05, 0) is 64.2 Å². The Morgan fingerprint density at radius 3 is 2.56 bits per heavy atom. The van der Waals surface area contributed by atoms with Crippen molar-refractivity contribution in [3.8, 4) is 5.75 Å². The Morgan fingerprint density at radius 2 is 2.04 bits per heavy atom. The molecular formula is C19H29FN2O3. The summed E-state index contributed by atoms with van der Waals surface area (Å²) in [6.07, 6.45) is 1.82. The first-order valence-electron chi connectivity index (χ1n) is 8.76. The number of ether oxygens (including phenoxy) is 2. The Morgan fingerprint density at radius 1 is 1.36 bits per heavy atom. The van der Waals surface area contributed by atoms with E-state index in [0.717, 1.165) is 18.4 Å². The Kier molecular flexibility index (Phi) is 6.27. The fourth-order valence-corrected chi connectivity index (χ4v) is 2.67. The highest BCUT2D eigenvalue weighted by molar-refractivity contribution is 5.68. The largest absolute Gasteiger partial charge is 0.494 e. The highest BCUT2D eigenvalue weighted by Crippen LogP contribution is 2.33. The predicted molar refractivity (Wildman–Crippen MR) is 95.3 cm³/mol. The van der Waals surface area contributed by atoms with Crippen LogP contribution < -0.4 is 15.4 Å². The van der Waals surface area contributed by atoms with Crippen LogP contribution in [-0.2, 0) is 4.74 Å². The van der Waals surface area contributed by atoms with Gasteiger partial charge in [0.05, 0.1) is 7.11 Å². The third kappa shape index (κ3) is 6.20. The lowest BCUT2D eigenvalue weighted by atomic mass is 10.1. The van der Waals surface area contributed by atoms with E-state index >= 15 is 0 Å². The van der Waals surface area contributed by atoms with Gasteiger partial charge in [-0.1, -0.05) is 6.07 Å². The van der Waals surface area contributed by atoms with E-state index in [4.69, 9.17) is 9.47 Å². The highest BCUT2D eigenvalue weighted by atomic mass is 19.1. The van der Waals surface area contributed by atoms with E-state index in [1.807, 2.05) is 33.8 Å². The van der Waals surface area contributed by atoms with Crippen molar-refractivity contribution in [3.63, 3.8) is 0 Å². The average molecular weight is 352 g/mol. The van der Waals surface area contributed by atoms with Crippen LogP contribution in [0.25, 0.3) is 0 Å². The molecule has 140 valence electrons. The fraction of sp³-hybridized carbons (Fsp3) is 0.632. The lowest BCUT2D eigenvalue weighted by molar-refractivity contribution is 0.0497. The Labute approximate surface area is 149 Å². The normalized spacial score (nSPS) is 16.9. The number of hydrogen-bond donors (Lipinski definition) is 2. The van der Waals surface area contributed by atoms with Gasteiger partial charge in [-0.2, -0.15) is 0 Å². The summed E-state index contributed by atoms with van der Waals surface area (Å²) in [4.78, 5) is 12.0. The van der Waals surface area contributed by atoms with Gasteiger partial charge in [0.2, 0.25) is 0 Å². The number of carbonyl (C=O) groups excluding carboxylic acids is 1. The Balaban J connectivity index is 1.90. The lowest BCUT2D eigenvalue weighted by Crippen LogP contribution is -2.46. The molecule has 1 aromatic carbocycles. The smallest absolute Gasteiger partial charge is 0.407 e. The van der Waals surface area contributed by atoms with Crippen LogP contribution in [0.5, 0.6) is 5.75 Å². The maximum absolute atomic E-state index is 13.9. The molecule has 0 bridgehead atoms. The molecule has 1 amide bonds. The van der Waals surface area contributed by atoms with Crippen molar-refractivity contribution in [1.29, 1.82) is 0 Å². The molecule has 1 aliphatic rings. The van der Waals surface area contributed by atoms with Crippen molar-refractivity contribution < 1.29 is 18.7 Å². The van der Waals surface area contributed by atoms with Gasteiger partial charge in [0.1, 0.15) is 5.60 Å². The molecule has 2 N–H and O–H groups in total. The molecule has 25 heavy (non-hydrogen) atoms. The molecule has 1 aromatic rings. The van der Waals surface area contributed by atoms with Crippen molar-refractivity contribution in [1.82, 2.24) is 10.6 Å². The van der Waals surface area contributed by atoms with E-state index in [-0.39, 0.29) is 23.7 Å². The minimum atomic E-state index is -0.514. The van der Waals surface area contributed by atoms with Gasteiger partial charge in [-0.15, -0.1) is 0 Å². The number of halogens is 1. The number of amides is 1. The average Bonchev–Trinajstić information content (AvgIpc) is 3.33. The van der Waals surface area contributed by atoms with Gasteiger partial charge in [0.25, 0.3) is 0 Å². The molecule has 2 rings (SSSR count). The first kappa shape index (κ1) is 19.5. The van der Waals surface area contributed by atoms with E-state index in [9.17, 15) is 9.18 Å². The second-order valence-electron chi connectivity index (χ2n) is 7.61. The van der Waals surface area contributed by atoms with E-state index in [2.05, 4.69) is 10.6 Å². The number of rotatable bonds is 7. The molecule has 2 unspecified atom stereocenters. The first-order chi connectivity index (χ1) is 11.7. The molecule has 1 saturated carbocycles. The third-order valence-electron chi connectivity index (χ3n) is 4.21. The second-order valence-corrected chi connectivity index (χ2v) is 7.61. The zero-order chi connectivity index (χ0) is 18.6. The lowest BCUT2D eigenvalue weighted by Gasteiger charge is -2.25. The number of hydrogen-bond acceptors (Lipinski definition) is 4. The molecule has 2 atom stereocenters. The van der Waals surface area contributed by atoms with Crippen molar-refractivity contribution in [2.24, 2.45) is 5.92 Å². The van der Waals surface area contributed by atoms with E-state index in [0.29, 0.717) is 12.5 Å². The summed E-state index contributed by atoms with van der Waals surface area (Å²) >= 11 is 0. The van der Waals surface area contributed by atoms with Crippen LogP contribution >= 0.6 is 0 Å². The van der Waals surface area contributed by atoms with Crippen LogP contribution in [0.4, 0.5) is 9.18 Å². The summed E-state index contributed by atoms with van der Waals surface area (Å²) in [5.74, 6) is 0.331. The molecular weight excluding hydrogens is 323 g/mol. The SMILES string of the molecule is COc1ccc(C(C)NCC(NC(=O)OC(C)(C)C)C2CC2)cc1F. The predicted octanol–water partition coefficient (Wildman–Crippen LogP) is 3.79. The summed E-state index contributed by atoms with van der Waals surface area (Å²) < 4.78 is 24.1. The van der Waals surface area contributed by atoms with Crippen LogP contribution in [0.3, 0.4) is 0 Å². The summed E-state index contributed by atoms with van der Waals surface area (Å²) in [5, 5.41) is 6.33.